The van der Waals surface area contributed by atoms with E-state index in [-0.39, 0.29) is 5.82 Å². The fraction of sp³-hybridized carbons (Fsp3) is 0.538. The molecule has 2 rings (SSSR count). The van der Waals surface area contributed by atoms with E-state index in [2.05, 4.69) is 11.4 Å². The molecule has 0 radical (unpaired) electrons. The second kappa shape index (κ2) is 4.31. The quantitative estimate of drug-likeness (QED) is 0.746. The summed E-state index contributed by atoms with van der Waals surface area (Å²) in [4.78, 5) is 0. The van der Waals surface area contributed by atoms with E-state index in [9.17, 15) is 4.39 Å². The number of aryl methyl sites for hydroxylation is 1. The van der Waals surface area contributed by atoms with Gasteiger partial charge in [0.1, 0.15) is 5.82 Å². The first-order valence-corrected chi connectivity index (χ1v) is 5.66. The smallest absolute Gasteiger partial charge is 0.126 e. The highest BCUT2D eigenvalue weighted by atomic mass is 19.1. The summed E-state index contributed by atoms with van der Waals surface area (Å²) in [5.74, 6) is 0.489. The predicted octanol–water partition coefficient (Wildman–Crippen LogP) is 2.91. The van der Waals surface area contributed by atoms with Gasteiger partial charge in [0, 0.05) is 0 Å². The van der Waals surface area contributed by atoms with Gasteiger partial charge in [0.25, 0.3) is 0 Å². The Morgan fingerprint density at radius 2 is 1.87 bits per heavy atom. The van der Waals surface area contributed by atoms with E-state index >= 15 is 0 Å². The molecule has 1 heterocycles. The van der Waals surface area contributed by atoms with E-state index in [1.165, 1.54) is 5.56 Å². The van der Waals surface area contributed by atoms with Crippen LogP contribution in [0, 0.1) is 19.7 Å². The average Bonchev–Trinajstić information content (AvgIpc) is 2.26. The Balaban J connectivity index is 2.27. The minimum Gasteiger partial charge on any atom is -0.317 e. The molecule has 1 saturated heterocycles. The van der Waals surface area contributed by atoms with E-state index in [1.54, 1.807) is 6.07 Å². The highest BCUT2D eigenvalue weighted by molar-refractivity contribution is 5.33. The maximum absolute atomic E-state index is 13.6. The third-order valence-electron chi connectivity index (χ3n) is 3.44. The normalized spacial score (nSPS) is 18.1. The Kier molecular flexibility index (Phi) is 3.06. The van der Waals surface area contributed by atoms with Gasteiger partial charge in [-0.15, -0.1) is 0 Å². The third-order valence-corrected chi connectivity index (χ3v) is 3.44. The van der Waals surface area contributed by atoms with Gasteiger partial charge >= 0.3 is 0 Å². The first-order valence-electron chi connectivity index (χ1n) is 5.66. The van der Waals surface area contributed by atoms with Crippen molar-refractivity contribution in [1.82, 2.24) is 5.32 Å². The van der Waals surface area contributed by atoms with Gasteiger partial charge in [0.2, 0.25) is 0 Å². The van der Waals surface area contributed by atoms with Crippen molar-refractivity contribution < 1.29 is 4.39 Å². The molecule has 2 heteroatoms. The predicted molar refractivity (Wildman–Crippen MR) is 60.7 cm³/mol. The van der Waals surface area contributed by atoms with Crippen LogP contribution in [0.2, 0.25) is 0 Å². The summed E-state index contributed by atoms with van der Waals surface area (Å²) < 4.78 is 13.6. The molecule has 1 aromatic carbocycles. The summed E-state index contributed by atoms with van der Waals surface area (Å²) in [5.41, 5.74) is 3.04. The van der Waals surface area contributed by atoms with Crippen LogP contribution in [0.15, 0.2) is 12.1 Å². The molecule has 1 aliphatic rings. The van der Waals surface area contributed by atoms with E-state index in [0.717, 1.165) is 37.1 Å². The highest BCUT2D eigenvalue weighted by Crippen LogP contribution is 2.27. The Bertz CT molecular complexity index is 331. The van der Waals surface area contributed by atoms with Crippen molar-refractivity contribution in [1.29, 1.82) is 0 Å². The van der Waals surface area contributed by atoms with Crippen LogP contribution in [0.4, 0.5) is 4.39 Å². The van der Waals surface area contributed by atoms with E-state index in [4.69, 9.17) is 0 Å². The lowest BCUT2D eigenvalue weighted by Crippen LogP contribution is -2.26. The molecule has 1 nitrogen and oxygen atoms in total. The van der Waals surface area contributed by atoms with Gasteiger partial charge in [-0.3, -0.25) is 0 Å². The zero-order valence-corrected chi connectivity index (χ0v) is 9.44. The lowest BCUT2D eigenvalue weighted by Gasteiger charge is -2.23. The molecule has 1 aromatic rings. The largest absolute Gasteiger partial charge is 0.317 e. The van der Waals surface area contributed by atoms with Gasteiger partial charge in [-0.1, -0.05) is 6.07 Å². The monoisotopic (exact) mass is 207 g/mol. The summed E-state index contributed by atoms with van der Waals surface area (Å²) in [5, 5.41) is 3.33. The van der Waals surface area contributed by atoms with Gasteiger partial charge in [-0.2, -0.15) is 0 Å². The standard InChI is InChI=1S/C13H18FN/c1-9-7-12(8-13(14)10(9)2)11-3-5-15-6-4-11/h7-8,11,15H,3-6H2,1-2H3. The minimum atomic E-state index is -0.0523. The summed E-state index contributed by atoms with van der Waals surface area (Å²) >= 11 is 0. The number of hydrogen-bond acceptors (Lipinski definition) is 1. The summed E-state index contributed by atoms with van der Waals surface area (Å²) in [6.45, 7) is 5.94. The number of nitrogens with one attached hydrogen (secondary N) is 1. The number of hydrogen-bond donors (Lipinski definition) is 1. The van der Waals surface area contributed by atoms with Crippen LogP contribution in [0.1, 0.15) is 35.4 Å². The molecular weight excluding hydrogens is 189 g/mol. The lowest BCUT2D eigenvalue weighted by molar-refractivity contribution is 0.458. The highest BCUT2D eigenvalue weighted by Gasteiger charge is 2.16. The molecule has 1 N–H and O–H groups in total. The molecule has 1 aliphatic heterocycles. The van der Waals surface area contributed by atoms with Crippen molar-refractivity contribution in [3.05, 3.63) is 34.6 Å². The Hall–Kier alpha value is -0.890. The second-order valence-corrected chi connectivity index (χ2v) is 4.47. The van der Waals surface area contributed by atoms with Crippen LogP contribution >= 0.6 is 0 Å². The van der Waals surface area contributed by atoms with Crippen LogP contribution < -0.4 is 5.32 Å². The van der Waals surface area contributed by atoms with Gasteiger partial charge in [0.15, 0.2) is 0 Å². The molecule has 0 amide bonds. The molecule has 0 spiro atoms. The summed E-state index contributed by atoms with van der Waals surface area (Å²) in [6.07, 6.45) is 2.25. The molecule has 1 fully saturated rings. The first kappa shape index (κ1) is 10.6. The van der Waals surface area contributed by atoms with E-state index in [0.29, 0.717) is 5.92 Å². The molecule has 82 valence electrons. The third kappa shape index (κ3) is 2.20. The summed E-state index contributed by atoms with van der Waals surface area (Å²) in [6, 6.07) is 3.87. The number of piperidine rings is 1. The molecule has 15 heavy (non-hydrogen) atoms. The second-order valence-electron chi connectivity index (χ2n) is 4.47. The van der Waals surface area contributed by atoms with Crippen molar-refractivity contribution in [2.24, 2.45) is 0 Å². The number of rotatable bonds is 1. The molecule has 0 aliphatic carbocycles. The van der Waals surface area contributed by atoms with E-state index in [1.807, 2.05) is 13.8 Å². The molecular formula is C13H18FN. The maximum atomic E-state index is 13.6. The van der Waals surface area contributed by atoms with Gasteiger partial charge in [-0.05, 0) is 68.5 Å². The summed E-state index contributed by atoms with van der Waals surface area (Å²) in [7, 11) is 0. The fourth-order valence-electron chi connectivity index (χ4n) is 2.23. The van der Waals surface area contributed by atoms with Crippen molar-refractivity contribution in [3.63, 3.8) is 0 Å². The van der Waals surface area contributed by atoms with Crippen LogP contribution in [0.5, 0.6) is 0 Å². The van der Waals surface area contributed by atoms with Crippen molar-refractivity contribution >= 4 is 0 Å². The zero-order chi connectivity index (χ0) is 10.8. The number of benzene rings is 1. The Labute approximate surface area is 90.7 Å². The molecule has 0 atom stereocenters. The molecule has 0 saturated carbocycles. The molecule has 0 aromatic heterocycles. The van der Waals surface area contributed by atoms with Crippen LogP contribution in [-0.2, 0) is 0 Å². The molecule has 0 bridgehead atoms. The Morgan fingerprint density at radius 3 is 2.47 bits per heavy atom. The van der Waals surface area contributed by atoms with E-state index < -0.39 is 0 Å². The topological polar surface area (TPSA) is 12.0 Å². The van der Waals surface area contributed by atoms with Gasteiger partial charge < -0.3 is 5.32 Å². The van der Waals surface area contributed by atoms with Crippen LogP contribution in [-0.4, -0.2) is 13.1 Å². The lowest BCUT2D eigenvalue weighted by atomic mass is 9.88. The van der Waals surface area contributed by atoms with Crippen LogP contribution in [0.25, 0.3) is 0 Å². The van der Waals surface area contributed by atoms with Crippen molar-refractivity contribution in [3.8, 4) is 0 Å². The van der Waals surface area contributed by atoms with Crippen LogP contribution in [0.3, 0.4) is 0 Å². The van der Waals surface area contributed by atoms with Crippen molar-refractivity contribution in [2.45, 2.75) is 32.6 Å². The fourth-order valence-corrected chi connectivity index (χ4v) is 2.23. The van der Waals surface area contributed by atoms with Crippen molar-refractivity contribution in [2.75, 3.05) is 13.1 Å². The Morgan fingerprint density at radius 1 is 1.20 bits per heavy atom. The molecule has 0 unspecified atom stereocenters. The minimum absolute atomic E-state index is 0.0523. The SMILES string of the molecule is Cc1cc(C2CCNCC2)cc(F)c1C. The number of halogens is 1. The maximum Gasteiger partial charge on any atom is 0.126 e. The van der Waals surface area contributed by atoms with Gasteiger partial charge in [0.05, 0.1) is 0 Å². The first-order chi connectivity index (χ1) is 7.18. The average molecular weight is 207 g/mol. The zero-order valence-electron chi connectivity index (χ0n) is 9.44. The van der Waals surface area contributed by atoms with Gasteiger partial charge in [-0.25, -0.2) is 4.39 Å².